The molecule has 0 heterocycles. The Bertz CT molecular complexity index is 1530. The topological polar surface area (TPSA) is 154 Å². The number of carbonyl (C=O) groups excluding carboxylic acids is 1. The average Bonchev–Trinajstić information content (AvgIpc) is 3.34. The molecule has 270 valence electrons. The van der Waals surface area contributed by atoms with Crippen LogP contribution in [0.4, 0.5) is 0 Å². The van der Waals surface area contributed by atoms with E-state index in [1.807, 2.05) is 87.2 Å². The third-order valence-corrected chi connectivity index (χ3v) is 10.8. The lowest BCUT2D eigenvalue weighted by molar-refractivity contribution is -0.276. The molecule has 0 spiro atoms. The molecule has 0 aromatic heterocycles. The highest BCUT2D eigenvalue weighted by Gasteiger charge is 2.71. The van der Waals surface area contributed by atoms with Gasteiger partial charge in [0.2, 0.25) is 5.79 Å². The quantitative estimate of drug-likeness (QED) is 0.0636. The second-order valence-electron chi connectivity index (χ2n) is 13.2. The van der Waals surface area contributed by atoms with Crippen molar-refractivity contribution >= 4 is 14.5 Å². The number of nitriles is 1. The lowest BCUT2D eigenvalue weighted by Crippen LogP contribution is -2.67. The Morgan fingerprint density at radius 3 is 1.86 bits per heavy atom. The van der Waals surface area contributed by atoms with E-state index in [-0.39, 0.29) is 37.8 Å². The Morgan fingerprint density at radius 1 is 0.920 bits per heavy atom. The summed E-state index contributed by atoms with van der Waals surface area (Å²) in [5.41, 5.74) is -1.94. The third-order valence-electron chi connectivity index (χ3n) is 9.84. The Balaban J connectivity index is 2.00. The maximum Gasteiger partial charge on any atom is 0.305 e. The minimum absolute atomic E-state index is 0.00121. The molecule has 50 heavy (non-hydrogen) atoms. The molecule has 1 aliphatic rings. The lowest BCUT2D eigenvalue weighted by atomic mass is 9.56. The fraction of sp³-hybridized carbons (Fsp3) is 0.474. The van der Waals surface area contributed by atoms with E-state index in [9.17, 15) is 25.2 Å². The highest BCUT2D eigenvalue weighted by Crippen LogP contribution is 2.62. The maximum absolute atomic E-state index is 13.6. The van der Waals surface area contributed by atoms with Crippen molar-refractivity contribution in [2.45, 2.75) is 88.4 Å². The zero-order valence-electron chi connectivity index (χ0n) is 29.9. The summed E-state index contributed by atoms with van der Waals surface area (Å²) >= 11 is 0. The molecule has 11 nitrogen and oxygen atoms in total. The number of nitrogens with one attached hydrogen (secondary N) is 1. The van der Waals surface area contributed by atoms with E-state index in [0.717, 1.165) is 0 Å². The van der Waals surface area contributed by atoms with Crippen LogP contribution in [0.25, 0.3) is 0 Å². The van der Waals surface area contributed by atoms with Crippen molar-refractivity contribution in [2.24, 2.45) is 5.92 Å². The van der Waals surface area contributed by atoms with Gasteiger partial charge in [0.05, 0.1) is 51.8 Å². The van der Waals surface area contributed by atoms with Crippen molar-refractivity contribution in [3.63, 3.8) is 0 Å². The van der Waals surface area contributed by atoms with Crippen molar-refractivity contribution in [1.29, 1.82) is 5.26 Å². The first-order valence-electron chi connectivity index (χ1n) is 16.8. The molecule has 12 heteroatoms. The van der Waals surface area contributed by atoms with Crippen LogP contribution in [0.5, 0.6) is 11.5 Å². The van der Waals surface area contributed by atoms with Crippen LogP contribution >= 0.6 is 8.53 Å². The van der Waals surface area contributed by atoms with Crippen molar-refractivity contribution in [2.75, 3.05) is 21.3 Å². The van der Waals surface area contributed by atoms with Gasteiger partial charge >= 0.3 is 5.97 Å². The molecular formula is C38H50N3O8P. The van der Waals surface area contributed by atoms with E-state index in [0.29, 0.717) is 28.2 Å². The number of aliphatic hydroxyl groups is 2. The minimum Gasteiger partial charge on any atom is -0.497 e. The van der Waals surface area contributed by atoms with E-state index in [1.54, 1.807) is 38.5 Å². The average molecular weight is 708 g/mol. The smallest absolute Gasteiger partial charge is 0.305 e. The number of methoxy groups -OCH3 is 3. The number of hydrogen-bond donors (Lipinski definition) is 4. The van der Waals surface area contributed by atoms with Crippen LogP contribution in [0.3, 0.4) is 0 Å². The number of nitrogens with zero attached hydrogens (tertiary/aromatic N) is 2. The second-order valence-corrected chi connectivity index (χ2v) is 14.1. The number of rotatable bonds is 16. The van der Waals surface area contributed by atoms with E-state index in [4.69, 9.17) is 18.7 Å². The lowest BCUT2D eigenvalue weighted by Gasteiger charge is -2.54. The molecule has 5 atom stereocenters. The second kappa shape index (κ2) is 16.6. The molecule has 0 radical (unpaired) electrons. The third kappa shape index (κ3) is 7.39. The van der Waals surface area contributed by atoms with Gasteiger partial charge in [-0.05, 0) is 81.5 Å². The van der Waals surface area contributed by atoms with E-state index in [2.05, 4.69) is 11.2 Å². The van der Waals surface area contributed by atoms with E-state index < -0.39 is 43.4 Å². The summed E-state index contributed by atoms with van der Waals surface area (Å²) < 4.78 is 22.3. The minimum atomic E-state index is -2.70. The van der Waals surface area contributed by atoms with Gasteiger partial charge in [0.15, 0.2) is 0 Å². The highest BCUT2D eigenvalue weighted by atomic mass is 31.2. The number of esters is 1. The van der Waals surface area contributed by atoms with Gasteiger partial charge in [0.1, 0.15) is 17.1 Å². The van der Waals surface area contributed by atoms with Gasteiger partial charge in [0, 0.05) is 18.0 Å². The summed E-state index contributed by atoms with van der Waals surface area (Å²) in [5.74, 6) is -2.97. The van der Waals surface area contributed by atoms with Gasteiger partial charge in [-0.25, -0.2) is 5.09 Å². The molecule has 4 rings (SSSR count). The number of carbonyl (C=O) groups is 1. The molecule has 1 fully saturated rings. The molecule has 0 saturated heterocycles. The summed E-state index contributed by atoms with van der Waals surface area (Å²) in [7, 11) is 1.68. The van der Waals surface area contributed by atoms with E-state index >= 15 is 0 Å². The summed E-state index contributed by atoms with van der Waals surface area (Å²) in [6.45, 7) is 7.94. The molecule has 0 aliphatic heterocycles. The SMILES string of the molecule is COC(=O)CC1CC[C@](O)(C(c2ccccc2)(c2ccc(OC)cc2)c2ccc(OC)cc2)[C@@]1(O)OP(O)NC(CC#N)N(C(C)C)C(C)C. The standard InChI is InChI=1S/C38H50N3O8P/c1-26(2)41(27(3)4)34(22-24-39)40-50(45)49-38(44)31(25-35(42)48-7)21-23-36(38,43)37(28-11-9-8-10-12-28,29-13-17-32(46-5)18-14-29)30-15-19-33(47-6)20-16-30/h8-20,26-27,31,34,40,43-45H,21-23,25H2,1-7H3/t31?,34?,36-,38-,50?/m0/s1. The predicted molar refractivity (Wildman–Crippen MR) is 191 cm³/mol. The monoisotopic (exact) mass is 707 g/mol. The van der Waals surface area contributed by atoms with Crippen LogP contribution < -0.4 is 14.6 Å². The first-order valence-corrected chi connectivity index (χ1v) is 18.0. The fourth-order valence-electron chi connectivity index (χ4n) is 7.72. The zero-order valence-corrected chi connectivity index (χ0v) is 30.8. The summed E-state index contributed by atoms with van der Waals surface area (Å²) in [5, 5.41) is 39.5. The Kier molecular flexibility index (Phi) is 13.0. The normalized spacial score (nSPS) is 22.0. The number of ether oxygens (including phenoxy) is 3. The first kappa shape index (κ1) is 39.2. The van der Waals surface area contributed by atoms with Gasteiger partial charge in [-0.15, -0.1) is 0 Å². The predicted octanol–water partition coefficient (Wildman–Crippen LogP) is 5.61. The molecule has 1 saturated carbocycles. The summed E-state index contributed by atoms with van der Waals surface area (Å²) in [6.07, 6.45) is -0.806. The number of benzene rings is 3. The molecule has 3 aromatic rings. The fourth-order valence-corrected chi connectivity index (χ4v) is 8.82. The van der Waals surface area contributed by atoms with E-state index in [1.165, 1.54) is 7.11 Å². The Labute approximate surface area is 296 Å². The Morgan fingerprint density at radius 2 is 1.42 bits per heavy atom. The summed E-state index contributed by atoms with van der Waals surface area (Å²) in [4.78, 5) is 26.6. The van der Waals surface area contributed by atoms with Crippen molar-refractivity contribution in [1.82, 2.24) is 9.99 Å². The Hall–Kier alpha value is -3.59. The van der Waals surface area contributed by atoms with Crippen LogP contribution in [0.1, 0.15) is 70.1 Å². The molecule has 4 N–H and O–H groups in total. The first-order chi connectivity index (χ1) is 23.8. The van der Waals surface area contributed by atoms with Crippen LogP contribution in [0.15, 0.2) is 78.9 Å². The molecule has 1 aliphatic carbocycles. The highest BCUT2D eigenvalue weighted by molar-refractivity contribution is 7.43. The summed E-state index contributed by atoms with van der Waals surface area (Å²) in [6, 6.07) is 25.9. The molecule has 0 bridgehead atoms. The largest absolute Gasteiger partial charge is 0.497 e. The van der Waals surface area contributed by atoms with Crippen LogP contribution in [0, 0.1) is 17.2 Å². The van der Waals surface area contributed by atoms with Crippen molar-refractivity contribution < 1.29 is 38.6 Å². The van der Waals surface area contributed by atoms with Gasteiger partial charge in [-0.1, -0.05) is 54.6 Å². The van der Waals surface area contributed by atoms with Gasteiger partial charge in [0.25, 0.3) is 8.53 Å². The van der Waals surface area contributed by atoms with Gasteiger partial charge in [-0.2, -0.15) is 5.26 Å². The van der Waals surface area contributed by atoms with Gasteiger partial charge < -0.3 is 29.3 Å². The van der Waals surface area contributed by atoms with Crippen LogP contribution in [0.2, 0.25) is 0 Å². The van der Waals surface area contributed by atoms with Crippen LogP contribution in [-0.4, -0.2) is 76.9 Å². The van der Waals surface area contributed by atoms with Crippen LogP contribution in [-0.2, 0) is 19.5 Å². The number of hydrogen-bond acceptors (Lipinski definition) is 11. The molecule has 3 aromatic carbocycles. The molecule has 3 unspecified atom stereocenters. The molecular weight excluding hydrogens is 657 g/mol. The van der Waals surface area contributed by atoms with Gasteiger partial charge in [-0.3, -0.25) is 14.2 Å². The van der Waals surface area contributed by atoms with Crippen molar-refractivity contribution in [3.8, 4) is 17.6 Å². The zero-order chi connectivity index (χ0) is 36.7. The maximum atomic E-state index is 13.6. The van der Waals surface area contributed by atoms with Crippen molar-refractivity contribution in [3.05, 3.63) is 95.6 Å². The molecule has 0 amide bonds.